The summed E-state index contributed by atoms with van der Waals surface area (Å²) in [5.74, 6) is 0.523. The normalized spacial score (nSPS) is 12.1. The van der Waals surface area contributed by atoms with Gasteiger partial charge in [0.1, 0.15) is 5.75 Å². The molecule has 132 valence electrons. The van der Waals surface area contributed by atoms with Crippen molar-refractivity contribution in [3.8, 4) is 5.75 Å². The van der Waals surface area contributed by atoms with Crippen LogP contribution in [-0.2, 0) is 4.79 Å². The van der Waals surface area contributed by atoms with Crippen LogP contribution in [0.2, 0.25) is 0 Å². The summed E-state index contributed by atoms with van der Waals surface area (Å²) in [6.45, 7) is 2.52. The molecule has 0 fully saturated rings. The molecule has 6 heteroatoms. The van der Waals surface area contributed by atoms with Crippen molar-refractivity contribution in [3.63, 3.8) is 0 Å². The van der Waals surface area contributed by atoms with Crippen molar-refractivity contribution in [2.75, 3.05) is 6.61 Å². The molecule has 25 heavy (non-hydrogen) atoms. The van der Waals surface area contributed by atoms with Gasteiger partial charge in [-0.1, -0.05) is 40.2 Å². The second-order valence-electron chi connectivity index (χ2n) is 5.40. The molecule has 1 unspecified atom stereocenters. The highest BCUT2D eigenvalue weighted by Crippen LogP contribution is 2.21. The third-order valence-electron chi connectivity index (χ3n) is 3.47. The maximum absolute atomic E-state index is 11.8. The summed E-state index contributed by atoms with van der Waals surface area (Å²) in [6.07, 6.45) is 1.39. The van der Waals surface area contributed by atoms with E-state index < -0.39 is 6.10 Å². The van der Waals surface area contributed by atoms with Gasteiger partial charge in [0.2, 0.25) is 5.91 Å². The predicted octanol–water partition coefficient (Wildman–Crippen LogP) is 3.81. The van der Waals surface area contributed by atoms with E-state index in [-0.39, 0.29) is 12.3 Å². The Kier molecular flexibility index (Phi) is 7.63. The Morgan fingerprint density at radius 3 is 2.76 bits per heavy atom. The lowest BCUT2D eigenvalue weighted by molar-refractivity contribution is -0.121. The van der Waals surface area contributed by atoms with Crippen LogP contribution in [0.5, 0.6) is 5.75 Å². The summed E-state index contributed by atoms with van der Waals surface area (Å²) in [7, 11) is 0. The first-order valence-corrected chi connectivity index (χ1v) is 8.86. The number of benzene rings is 2. The molecule has 2 aromatic rings. The average molecular weight is 405 g/mol. The van der Waals surface area contributed by atoms with Crippen LogP contribution in [0.3, 0.4) is 0 Å². The van der Waals surface area contributed by atoms with Crippen molar-refractivity contribution < 1.29 is 14.6 Å². The number of aliphatic hydroxyl groups excluding tert-OH is 1. The van der Waals surface area contributed by atoms with E-state index >= 15 is 0 Å². The van der Waals surface area contributed by atoms with E-state index in [1.807, 2.05) is 43.3 Å². The van der Waals surface area contributed by atoms with E-state index in [0.717, 1.165) is 21.3 Å². The van der Waals surface area contributed by atoms with E-state index in [9.17, 15) is 9.90 Å². The summed E-state index contributed by atoms with van der Waals surface area (Å²) in [5.41, 5.74) is 4.10. The molecule has 0 spiro atoms. The van der Waals surface area contributed by atoms with Crippen LogP contribution in [0.4, 0.5) is 0 Å². The minimum absolute atomic E-state index is 0.185. The largest absolute Gasteiger partial charge is 0.494 e. The van der Waals surface area contributed by atoms with Crippen molar-refractivity contribution in [3.05, 3.63) is 64.1 Å². The average Bonchev–Trinajstić information content (AvgIpc) is 2.61. The first-order valence-electron chi connectivity index (χ1n) is 8.06. The van der Waals surface area contributed by atoms with Crippen LogP contribution in [0, 0.1) is 0 Å². The second-order valence-corrected chi connectivity index (χ2v) is 6.32. The lowest BCUT2D eigenvalue weighted by atomic mass is 10.0. The van der Waals surface area contributed by atoms with Gasteiger partial charge in [0.15, 0.2) is 0 Å². The quantitative estimate of drug-likeness (QED) is 0.518. The molecule has 0 saturated heterocycles. The number of hydrogen-bond donors (Lipinski definition) is 2. The van der Waals surface area contributed by atoms with Crippen molar-refractivity contribution in [1.82, 2.24) is 5.43 Å². The molecule has 0 heterocycles. The minimum Gasteiger partial charge on any atom is -0.494 e. The number of aliphatic hydroxyl groups is 1. The number of nitrogens with one attached hydrogen (secondary N) is 1. The Bertz CT molecular complexity index is 717. The maximum Gasteiger partial charge on any atom is 0.240 e. The smallest absolute Gasteiger partial charge is 0.240 e. The molecular formula is C19H21BrN2O3. The number of carbonyl (C=O) groups excluding carboxylic acids is 1. The van der Waals surface area contributed by atoms with Gasteiger partial charge in [0, 0.05) is 10.9 Å². The van der Waals surface area contributed by atoms with Crippen molar-refractivity contribution in [2.45, 2.75) is 25.9 Å². The van der Waals surface area contributed by atoms with Crippen molar-refractivity contribution >= 4 is 28.1 Å². The molecule has 0 aliphatic heterocycles. The topological polar surface area (TPSA) is 70.9 Å². The molecule has 0 radical (unpaired) electrons. The van der Waals surface area contributed by atoms with Crippen LogP contribution in [-0.4, -0.2) is 23.8 Å². The van der Waals surface area contributed by atoms with Crippen molar-refractivity contribution in [2.24, 2.45) is 5.10 Å². The summed E-state index contributed by atoms with van der Waals surface area (Å²) in [4.78, 5) is 11.8. The van der Waals surface area contributed by atoms with Gasteiger partial charge >= 0.3 is 0 Å². The third-order valence-corrected chi connectivity index (χ3v) is 3.97. The van der Waals surface area contributed by atoms with Gasteiger partial charge in [-0.2, -0.15) is 5.10 Å². The molecule has 2 rings (SSSR count). The Hall–Kier alpha value is -2.18. The van der Waals surface area contributed by atoms with Gasteiger partial charge < -0.3 is 9.84 Å². The number of ether oxygens (including phenoxy) is 1. The molecule has 0 aliphatic carbocycles. The van der Waals surface area contributed by atoms with Crippen LogP contribution in [0.1, 0.15) is 37.0 Å². The number of rotatable bonds is 8. The fourth-order valence-electron chi connectivity index (χ4n) is 2.21. The SMILES string of the molecule is CCOc1ccc(C(O)CCC(=O)N/N=C/c2cccc(Br)c2)cc1. The molecule has 5 nitrogen and oxygen atoms in total. The molecule has 1 atom stereocenters. The number of nitrogens with zero attached hydrogens (tertiary/aromatic N) is 1. The summed E-state index contributed by atoms with van der Waals surface area (Å²) in [5, 5.41) is 14.1. The summed E-state index contributed by atoms with van der Waals surface area (Å²) >= 11 is 3.37. The van der Waals surface area contributed by atoms with Crippen LogP contribution < -0.4 is 10.2 Å². The van der Waals surface area contributed by atoms with Gasteiger partial charge in [0.05, 0.1) is 18.9 Å². The molecule has 2 aromatic carbocycles. The number of hydrazone groups is 1. The lowest BCUT2D eigenvalue weighted by Gasteiger charge is -2.11. The first-order chi connectivity index (χ1) is 12.1. The third kappa shape index (κ3) is 6.68. The zero-order valence-corrected chi connectivity index (χ0v) is 15.6. The van der Waals surface area contributed by atoms with E-state index in [1.165, 1.54) is 0 Å². The minimum atomic E-state index is -0.699. The molecule has 0 aliphatic rings. The Morgan fingerprint density at radius 2 is 2.08 bits per heavy atom. The van der Waals surface area contributed by atoms with Gasteiger partial charge in [-0.15, -0.1) is 0 Å². The lowest BCUT2D eigenvalue weighted by Crippen LogP contribution is -2.18. The highest BCUT2D eigenvalue weighted by Gasteiger charge is 2.10. The summed E-state index contributed by atoms with van der Waals surface area (Å²) < 4.78 is 6.31. The molecule has 0 bridgehead atoms. The molecule has 0 saturated carbocycles. The fraction of sp³-hybridized carbons (Fsp3) is 0.263. The molecule has 1 amide bonds. The molecule has 0 aromatic heterocycles. The van der Waals surface area contributed by atoms with Gasteiger partial charge in [-0.25, -0.2) is 5.43 Å². The number of amides is 1. The molecular weight excluding hydrogens is 384 g/mol. The Morgan fingerprint density at radius 1 is 1.32 bits per heavy atom. The monoisotopic (exact) mass is 404 g/mol. The van der Waals surface area contributed by atoms with Crippen LogP contribution in [0.15, 0.2) is 58.1 Å². The fourth-order valence-corrected chi connectivity index (χ4v) is 2.63. The number of carbonyl (C=O) groups is 1. The molecule has 2 N–H and O–H groups in total. The van der Waals surface area contributed by atoms with E-state index in [4.69, 9.17) is 4.74 Å². The van der Waals surface area contributed by atoms with E-state index in [0.29, 0.717) is 13.0 Å². The Labute approximate surface area is 155 Å². The number of hydrogen-bond acceptors (Lipinski definition) is 4. The van der Waals surface area contributed by atoms with E-state index in [2.05, 4.69) is 26.5 Å². The predicted molar refractivity (Wildman–Crippen MR) is 102 cm³/mol. The zero-order chi connectivity index (χ0) is 18.1. The second kappa shape index (κ2) is 9.96. The van der Waals surface area contributed by atoms with Crippen molar-refractivity contribution in [1.29, 1.82) is 0 Å². The first kappa shape index (κ1) is 19.1. The zero-order valence-electron chi connectivity index (χ0n) is 14.0. The van der Waals surface area contributed by atoms with Crippen LogP contribution in [0.25, 0.3) is 0 Å². The van der Waals surface area contributed by atoms with E-state index in [1.54, 1.807) is 18.3 Å². The maximum atomic E-state index is 11.8. The Balaban J connectivity index is 1.77. The van der Waals surface area contributed by atoms with Gasteiger partial charge in [-0.05, 0) is 48.7 Å². The standard InChI is InChI=1S/C19H21BrN2O3/c1-2-25-17-8-6-15(7-9-17)18(23)10-11-19(24)22-21-13-14-4-3-5-16(20)12-14/h3-9,12-13,18,23H,2,10-11H2,1H3,(H,22,24)/b21-13+. The highest BCUT2D eigenvalue weighted by molar-refractivity contribution is 9.10. The highest BCUT2D eigenvalue weighted by atomic mass is 79.9. The summed E-state index contributed by atoms with van der Waals surface area (Å²) in [6, 6.07) is 14.8. The van der Waals surface area contributed by atoms with Gasteiger partial charge in [-0.3, -0.25) is 4.79 Å². The number of halogens is 1. The van der Waals surface area contributed by atoms with Gasteiger partial charge in [0.25, 0.3) is 0 Å². The van der Waals surface area contributed by atoms with Crippen LogP contribution >= 0.6 is 15.9 Å².